The SMILES string of the molecule is C[C@@H]1C[C@H]1C(=O)N1CC2(C[C@@H](Oc3ncccc3F)CCO2)C1. The van der Waals surface area contributed by atoms with E-state index in [4.69, 9.17) is 9.47 Å². The molecule has 1 aromatic rings. The van der Waals surface area contributed by atoms with Crippen LogP contribution in [-0.2, 0) is 9.53 Å². The molecule has 0 N–H and O–H groups in total. The van der Waals surface area contributed by atoms with E-state index in [0.717, 1.165) is 6.42 Å². The maximum Gasteiger partial charge on any atom is 0.250 e. The van der Waals surface area contributed by atoms with Crippen molar-refractivity contribution in [1.82, 2.24) is 9.88 Å². The van der Waals surface area contributed by atoms with Gasteiger partial charge < -0.3 is 14.4 Å². The number of likely N-dealkylation sites (tertiary alicyclic amines) is 1. The molecule has 3 fully saturated rings. The molecule has 3 atom stereocenters. The van der Waals surface area contributed by atoms with Crippen molar-refractivity contribution in [2.24, 2.45) is 11.8 Å². The van der Waals surface area contributed by atoms with Gasteiger partial charge in [0.15, 0.2) is 5.82 Å². The molecule has 1 aromatic heterocycles. The Labute approximate surface area is 134 Å². The highest BCUT2D eigenvalue weighted by molar-refractivity contribution is 5.82. The molecule has 3 aliphatic rings. The number of hydrogen-bond acceptors (Lipinski definition) is 4. The number of halogens is 1. The number of rotatable bonds is 3. The van der Waals surface area contributed by atoms with E-state index < -0.39 is 5.82 Å². The number of ether oxygens (including phenoxy) is 2. The topological polar surface area (TPSA) is 51.7 Å². The highest BCUT2D eigenvalue weighted by Gasteiger charge is 2.53. The first-order chi connectivity index (χ1) is 11.1. The van der Waals surface area contributed by atoms with Crippen LogP contribution in [0.25, 0.3) is 0 Å². The van der Waals surface area contributed by atoms with Gasteiger partial charge in [-0.15, -0.1) is 0 Å². The van der Waals surface area contributed by atoms with Crippen molar-refractivity contribution in [2.75, 3.05) is 19.7 Å². The molecule has 124 valence electrons. The van der Waals surface area contributed by atoms with Crippen molar-refractivity contribution >= 4 is 5.91 Å². The molecule has 2 saturated heterocycles. The fourth-order valence-electron chi connectivity index (χ4n) is 3.63. The summed E-state index contributed by atoms with van der Waals surface area (Å²) < 4.78 is 25.3. The molecule has 3 heterocycles. The van der Waals surface area contributed by atoms with Gasteiger partial charge >= 0.3 is 0 Å². The minimum Gasteiger partial charge on any atom is -0.472 e. The standard InChI is InChI=1S/C17H21FN2O3/c1-11-7-13(11)16(21)20-9-17(10-20)8-12(4-6-22-17)23-15-14(18)3-2-5-19-15/h2-3,5,11-13H,4,6-10H2,1H3/t11-,12+,13-/m1/s1. The van der Waals surface area contributed by atoms with Gasteiger partial charge in [0.1, 0.15) is 11.7 Å². The number of carbonyl (C=O) groups excluding carboxylic acids is 1. The zero-order valence-electron chi connectivity index (χ0n) is 13.2. The summed E-state index contributed by atoms with van der Waals surface area (Å²) in [5.41, 5.74) is -0.317. The molecule has 5 nitrogen and oxygen atoms in total. The maximum atomic E-state index is 13.7. The van der Waals surface area contributed by atoms with Crippen LogP contribution in [0, 0.1) is 17.7 Å². The van der Waals surface area contributed by atoms with E-state index >= 15 is 0 Å². The molecule has 1 saturated carbocycles. The third kappa shape index (κ3) is 2.80. The van der Waals surface area contributed by atoms with Crippen LogP contribution in [0.5, 0.6) is 5.88 Å². The summed E-state index contributed by atoms with van der Waals surface area (Å²) >= 11 is 0. The van der Waals surface area contributed by atoms with Crippen LogP contribution in [0.3, 0.4) is 0 Å². The second-order valence-electron chi connectivity index (χ2n) is 7.07. The number of amides is 1. The Kier molecular flexibility index (Phi) is 3.52. The fraction of sp³-hybridized carbons (Fsp3) is 0.647. The van der Waals surface area contributed by atoms with Crippen LogP contribution in [-0.4, -0.2) is 47.2 Å². The van der Waals surface area contributed by atoms with Crippen LogP contribution < -0.4 is 4.74 Å². The summed E-state index contributed by atoms with van der Waals surface area (Å²) in [6.07, 6.45) is 3.80. The molecular weight excluding hydrogens is 299 g/mol. The second-order valence-corrected chi connectivity index (χ2v) is 7.07. The molecule has 0 unspecified atom stereocenters. The molecule has 1 spiro atoms. The largest absolute Gasteiger partial charge is 0.472 e. The second kappa shape index (κ2) is 5.44. The molecule has 1 aliphatic carbocycles. The number of nitrogens with zero attached hydrogens (tertiary/aromatic N) is 2. The van der Waals surface area contributed by atoms with E-state index in [1.807, 2.05) is 4.90 Å². The van der Waals surface area contributed by atoms with Crippen molar-refractivity contribution in [2.45, 2.75) is 37.9 Å². The van der Waals surface area contributed by atoms with Gasteiger partial charge in [0.2, 0.25) is 5.91 Å². The highest BCUT2D eigenvalue weighted by atomic mass is 19.1. The summed E-state index contributed by atoms with van der Waals surface area (Å²) in [7, 11) is 0. The average molecular weight is 320 g/mol. The van der Waals surface area contributed by atoms with Gasteiger partial charge in [0, 0.05) is 25.0 Å². The summed E-state index contributed by atoms with van der Waals surface area (Å²) in [6, 6.07) is 2.89. The number of carbonyl (C=O) groups is 1. The van der Waals surface area contributed by atoms with Crippen molar-refractivity contribution in [3.63, 3.8) is 0 Å². The molecule has 0 aromatic carbocycles. The lowest BCUT2D eigenvalue weighted by Gasteiger charge is -2.53. The number of aromatic nitrogens is 1. The Hall–Kier alpha value is -1.69. The zero-order chi connectivity index (χ0) is 16.0. The van der Waals surface area contributed by atoms with Crippen molar-refractivity contribution in [3.05, 3.63) is 24.1 Å². The van der Waals surface area contributed by atoms with Gasteiger partial charge in [-0.3, -0.25) is 4.79 Å². The van der Waals surface area contributed by atoms with Crippen LogP contribution in [0.4, 0.5) is 4.39 Å². The summed E-state index contributed by atoms with van der Waals surface area (Å²) in [5, 5.41) is 0. The monoisotopic (exact) mass is 320 g/mol. The molecular formula is C17H21FN2O3. The van der Waals surface area contributed by atoms with Gasteiger partial charge in [0.05, 0.1) is 19.7 Å². The van der Waals surface area contributed by atoms with Gasteiger partial charge in [-0.1, -0.05) is 6.92 Å². The lowest BCUT2D eigenvalue weighted by Crippen LogP contribution is -2.67. The molecule has 4 rings (SSSR count). The minimum absolute atomic E-state index is 0.0496. The Morgan fingerprint density at radius 1 is 1.52 bits per heavy atom. The van der Waals surface area contributed by atoms with Gasteiger partial charge in [-0.25, -0.2) is 9.37 Å². The highest BCUT2D eigenvalue weighted by Crippen LogP contribution is 2.43. The van der Waals surface area contributed by atoms with Crippen LogP contribution in [0.2, 0.25) is 0 Å². The lowest BCUT2D eigenvalue weighted by atomic mass is 9.84. The first-order valence-corrected chi connectivity index (χ1v) is 8.26. The van der Waals surface area contributed by atoms with E-state index in [1.54, 1.807) is 6.07 Å². The Balaban J connectivity index is 1.35. The zero-order valence-corrected chi connectivity index (χ0v) is 13.2. The Morgan fingerprint density at radius 3 is 3.00 bits per heavy atom. The third-order valence-corrected chi connectivity index (χ3v) is 5.15. The first-order valence-electron chi connectivity index (χ1n) is 8.26. The van der Waals surface area contributed by atoms with Gasteiger partial charge in [-0.05, 0) is 24.5 Å². The quantitative estimate of drug-likeness (QED) is 0.855. The Bertz CT molecular complexity index is 618. The van der Waals surface area contributed by atoms with E-state index in [-0.39, 0.29) is 29.4 Å². The molecule has 6 heteroatoms. The summed E-state index contributed by atoms with van der Waals surface area (Å²) in [4.78, 5) is 18.1. The normalized spacial score (nSPS) is 31.6. The van der Waals surface area contributed by atoms with Crippen LogP contribution in [0.1, 0.15) is 26.2 Å². The fourth-order valence-corrected chi connectivity index (χ4v) is 3.63. The van der Waals surface area contributed by atoms with Crippen LogP contribution in [0.15, 0.2) is 18.3 Å². The average Bonchev–Trinajstić information content (AvgIpc) is 3.24. The van der Waals surface area contributed by atoms with E-state index in [9.17, 15) is 9.18 Å². The maximum absolute atomic E-state index is 13.7. The van der Waals surface area contributed by atoms with E-state index in [0.29, 0.717) is 38.5 Å². The summed E-state index contributed by atoms with van der Waals surface area (Å²) in [5.74, 6) is 0.598. The van der Waals surface area contributed by atoms with Gasteiger partial charge in [0.25, 0.3) is 5.88 Å². The minimum atomic E-state index is -0.443. The first kappa shape index (κ1) is 14.9. The molecule has 2 aliphatic heterocycles. The van der Waals surface area contributed by atoms with Crippen LogP contribution >= 0.6 is 0 Å². The molecule has 23 heavy (non-hydrogen) atoms. The van der Waals surface area contributed by atoms with Crippen molar-refractivity contribution < 1.29 is 18.7 Å². The molecule has 0 radical (unpaired) electrons. The lowest BCUT2D eigenvalue weighted by molar-refractivity contribution is -0.194. The van der Waals surface area contributed by atoms with E-state index in [1.165, 1.54) is 12.3 Å². The van der Waals surface area contributed by atoms with Crippen molar-refractivity contribution in [3.8, 4) is 5.88 Å². The number of pyridine rings is 1. The van der Waals surface area contributed by atoms with E-state index in [2.05, 4.69) is 11.9 Å². The molecule has 0 bridgehead atoms. The van der Waals surface area contributed by atoms with Crippen molar-refractivity contribution in [1.29, 1.82) is 0 Å². The Morgan fingerprint density at radius 2 is 2.30 bits per heavy atom. The molecule has 1 amide bonds. The predicted molar refractivity (Wildman–Crippen MR) is 80.4 cm³/mol. The van der Waals surface area contributed by atoms with Gasteiger partial charge in [-0.2, -0.15) is 0 Å². The summed E-state index contributed by atoms with van der Waals surface area (Å²) in [6.45, 7) is 3.93. The predicted octanol–water partition coefficient (Wildman–Crippen LogP) is 2.02. The smallest absolute Gasteiger partial charge is 0.250 e. The third-order valence-electron chi connectivity index (χ3n) is 5.15. The number of hydrogen-bond donors (Lipinski definition) is 0.